The van der Waals surface area contributed by atoms with Crippen molar-refractivity contribution in [2.75, 3.05) is 25.0 Å². The molecule has 1 unspecified atom stereocenters. The molecule has 0 radical (unpaired) electrons. The first-order valence-electron chi connectivity index (χ1n) is 7.08. The minimum Gasteiger partial charge on any atom is -0.508 e. The number of anilines is 1. The molecule has 0 heterocycles. The minimum atomic E-state index is -4.17. The molecule has 0 aromatic heterocycles. The number of nitrogens with zero attached hydrogens (tertiary/aromatic N) is 1. The number of benzene rings is 1. The van der Waals surface area contributed by atoms with Gasteiger partial charge in [-0.3, -0.25) is 0 Å². The summed E-state index contributed by atoms with van der Waals surface area (Å²) in [5.41, 5.74) is 1.32. The number of alkyl halides is 3. The Kier molecular flexibility index (Phi) is 6.33. The fourth-order valence-corrected chi connectivity index (χ4v) is 2.03. The van der Waals surface area contributed by atoms with Gasteiger partial charge in [0.15, 0.2) is 0 Å². The summed E-state index contributed by atoms with van der Waals surface area (Å²) in [4.78, 5) is 1.49. The average molecular weight is 304 g/mol. The van der Waals surface area contributed by atoms with Crippen molar-refractivity contribution in [1.82, 2.24) is 5.32 Å². The Bertz CT molecular complexity index is 449. The highest BCUT2D eigenvalue weighted by atomic mass is 19.4. The lowest BCUT2D eigenvalue weighted by atomic mass is 10.1. The molecule has 120 valence electrons. The van der Waals surface area contributed by atoms with Crippen molar-refractivity contribution in [1.29, 1.82) is 0 Å². The second-order valence-electron chi connectivity index (χ2n) is 5.21. The molecule has 0 saturated carbocycles. The lowest BCUT2D eigenvalue weighted by Gasteiger charge is -2.22. The van der Waals surface area contributed by atoms with E-state index in [0.717, 1.165) is 18.5 Å². The van der Waals surface area contributed by atoms with Gasteiger partial charge in [-0.05, 0) is 26.0 Å². The molecular weight excluding hydrogens is 281 g/mol. The molecule has 2 N–H and O–H groups in total. The van der Waals surface area contributed by atoms with Gasteiger partial charge in [-0.1, -0.05) is 13.0 Å². The molecule has 21 heavy (non-hydrogen) atoms. The Morgan fingerprint density at radius 2 is 2.00 bits per heavy atom. The van der Waals surface area contributed by atoms with Crippen LogP contribution in [0.3, 0.4) is 0 Å². The first-order valence-corrected chi connectivity index (χ1v) is 7.08. The number of phenolic OH excluding ortho intramolecular Hbond substituents is 1. The number of phenols is 1. The number of nitrogens with one attached hydrogen (secondary N) is 1. The summed E-state index contributed by atoms with van der Waals surface area (Å²) in [5.74, 6) is 0.0995. The highest BCUT2D eigenvalue weighted by Crippen LogP contribution is 2.29. The van der Waals surface area contributed by atoms with Crippen LogP contribution in [0.4, 0.5) is 18.9 Å². The Morgan fingerprint density at radius 3 is 2.52 bits per heavy atom. The van der Waals surface area contributed by atoms with Crippen LogP contribution in [-0.4, -0.2) is 31.4 Å². The molecule has 1 atom stereocenters. The van der Waals surface area contributed by atoms with E-state index in [4.69, 9.17) is 0 Å². The van der Waals surface area contributed by atoms with E-state index in [0.29, 0.717) is 5.69 Å². The van der Waals surface area contributed by atoms with Crippen molar-refractivity contribution in [3.05, 3.63) is 23.8 Å². The summed E-state index contributed by atoms with van der Waals surface area (Å²) >= 11 is 0. The van der Waals surface area contributed by atoms with E-state index in [9.17, 15) is 18.3 Å². The standard InChI is InChI=1S/C15H23F3N2O/c1-4-8-19-11(2)13-6-5-12(10-14(13)21)20(3)9-7-15(16,17)18/h5-6,10-11,19,21H,4,7-9H2,1-3H3. The molecule has 0 amide bonds. The maximum absolute atomic E-state index is 12.2. The molecule has 6 heteroatoms. The van der Waals surface area contributed by atoms with E-state index < -0.39 is 12.6 Å². The van der Waals surface area contributed by atoms with Gasteiger partial charge in [-0.2, -0.15) is 13.2 Å². The molecule has 0 spiro atoms. The molecule has 0 aliphatic heterocycles. The summed E-state index contributed by atoms with van der Waals surface area (Å²) in [7, 11) is 1.58. The third kappa shape index (κ3) is 5.83. The van der Waals surface area contributed by atoms with Crippen LogP contribution in [-0.2, 0) is 0 Å². The molecule has 0 aliphatic carbocycles. The molecule has 3 nitrogen and oxygen atoms in total. The number of hydrogen-bond donors (Lipinski definition) is 2. The van der Waals surface area contributed by atoms with Crippen molar-refractivity contribution in [3.8, 4) is 5.75 Å². The third-order valence-electron chi connectivity index (χ3n) is 3.35. The first-order chi connectivity index (χ1) is 9.74. The minimum absolute atomic E-state index is 0.000480. The zero-order valence-electron chi connectivity index (χ0n) is 12.7. The van der Waals surface area contributed by atoms with Crippen LogP contribution in [0, 0.1) is 0 Å². The lowest BCUT2D eigenvalue weighted by molar-refractivity contribution is -0.132. The molecule has 1 aromatic rings. The highest BCUT2D eigenvalue weighted by molar-refractivity contribution is 5.53. The van der Waals surface area contributed by atoms with Crippen LogP contribution >= 0.6 is 0 Å². The number of aromatic hydroxyl groups is 1. The van der Waals surface area contributed by atoms with Crippen molar-refractivity contribution in [2.24, 2.45) is 0 Å². The van der Waals surface area contributed by atoms with Gasteiger partial charge in [0.25, 0.3) is 0 Å². The molecule has 0 bridgehead atoms. The fourth-order valence-electron chi connectivity index (χ4n) is 2.03. The van der Waals surface area contributed by atoms with Crippen LogP contribution in [0.25, 0.3) is 0 Å². The van der Waals surface area contributed by atoms with Gasteiger partial charge in [0.2, 0.25) is 0 Å². The summed E-state index contributed by atoms with van der Waals surface area (Å²) in [6, 6.07) is 4.99. The number of halogens is 3. The molecule has 0 aliphatic rings. The van der Waals surface area contributed by atoms with Crippen molar-refractivity contribution < 1.29 is 18.3 Å². The third-order valence-corrected chi connectivity index (χ3v) is 3.35. The van der Waals surface area contributed by atoms with Crippen LogP contribution in [0.15, 0.2) is 18.2 Å². The van der Waals surface area contributed by atoms with Crippen molar-refractivity contribution in [2.45, 2.75) is 38.9 Å². The topological polar surface area (TPSA) is 35.5 Å². The number of rotatable bonds is 7. The van der Waals surface area contributed by atoms with Gasteiger partial charge in [0, 0.05) is 37.0 Å². The lowest BCUT2D eigenvalue weighted by Crippen LogP contribution is -2.24. The van der Waals surface area contributed by atoms with Crippen molar-refractivity contribution >= 4 is 5.69 Å². The van der Waals surface area contributed by atoms with Crippen molar-refractivity contribution in [3.63, 3.8) is 0 Å². The molecule has 0 saturated heterocycles. The Hall–Kier alpha value is -1.43. The largest absolute Gasteiger partial charge is 0.508 e. The van der Waals surface area contributed by atoms with Gasteiger partial charge in [-0.15, -0.1) is 0 Å². The average Bonchev–Trinajstić information content (AvgIpc) is 2.41. The van der Waals surface area contributed by atoms with E-state index in [1.807, 2.05) is 6.92 Å². The Balaban J connectivity index is 2.72. The second-order valence-corrected chi connectivity index (χ2v) is 5.21. The summed E-state index contributed by atoms with van der Waals surface area (Å²) in [5, 5.41) is 13.3. The van der Waals surface area contributed by atoms with Gasteiger partial charge >= 0.3 is 6.18 Å². The fraction of sp³-hybridized carbons (Fsp3) is 0.600. The molecule has 1 rings (SSSR count). The second kappa shape index (κ2) is 7.54. The Morgan fingerprint density at radius 1 is 1.33 bits per heavy atom. The van der Waals surface area contributed by atoms with Gasteiger partial charge in [-0.25, -0.2) is 0 Å². The Labute approximate surface area is 123 Å². The molecule has 0 fully saturated rings. The normalized spacial score (nSPS) is 13.2. The van der Waals surface area contributed by atoms with E-state index in [2.05, 4.69) is 12.2 Å². The zero-order chi connectivity index (χ0) is 16.0. The molecule has 1 aromatic carbocycles. The SMILES string of the molecule is CCCNC(C)c1ccc(N(C)CCC(F)(F)F)cc1O. The molecular formula is C15H23F3N2O. The van der Waals surface area contributed by atoms with E-state index >= 15 is 0 Å². The van der Waals surface area contributed by atoms with Crippen LogP contribution in [0.1, 0.15) is 38.3 Å². The predicted octanol–water partition coefficient (Wildman–Crippen LogP) is 3.84. The van der Waals surface area contributed by atoms with Gasteiger partial charge in [0.05, 0.1) is 6.42 Å². The van der Waals surface area contributed by atoms with Crippen LogP contribution in [0.2, 0.25) is 0 Å². The van der Waals surface area contributed by atoms with Crippen LogP contribution in [0.5, 0.6) is 5.75 Å². The number of hydrogen-bond acceptors (Lipinski definition) is 3. The first kappa shape index (κ1) is 17.6. The monoisotopic (exact) mass is 304 g/mol. The van der Waals surface area contributed by atoms with E-state index in [1.54, 1.807) is 19.2 Å². The predicted molar refractivity (Wildman–Crippen MR) is 78.8 cm³/mol. The highest BCUT2D eigenvalue weighted by Gasteiger charge is 2.27. The smallest absolute Gasteiger partial charge is 0.390 e. The summed E-state index contributed by atoms with van der Waals surface area (Å²) in [6.45, 7) is 4.70. The summed E-state index contributed by atoms with van der Waals surface area (Å²) < 4.78 is 36.6. The maximum Gasteiger partial charge on any atom is 0.390 e. The maximum atomic E-state index is 12.2. The van der Waals surface area contributed by atoms with E-state index in [-0.39, 0.29) is 18.3 Å². The summed E-state index contributed by atoms with van der Waals surface area (Å²) in [6.07, 6.45) is -4.06. The van der Waals surface area contributed by atoms with Gasteiger partial charge < -0.3 is 15.3 Å². The van der Waals surface area contributed by atoms with E-state index in [1.165, 1.54) is 11.0 Å². The quantitative estimate of drug-likeness (QED) is 0.803. The zero-order valence-corrected chi connectivity index (χ0v) is 12.7. The van der Waals surface area contributed by atoms with Crippen LogP contribution < -0.4 is 10.2 Å². The van der Waals surface area contributed by atoms with Gasteiger partial charge in [0.1, 0.15) is 5.75 Å².